The third-order valence-electron chi connectivity index (χ3n) is 0. The molecule has 2 N–H and O–H groups in total. The molecule has 0 bridgehead atoms. The Balaban J connectivity index is -0.0000000150. The van der Waals surface area contributed by atoms with E-state index >= 15 is 0 Å². The van der Waals surface area contributed by atoms with Gasteiger partial charge in [-0.1, -0.05) is 0 Å². The molecule has 0 aliphatic heterocycles. The molecule has 7 heavy (non-hydrogen) atoms. The van der Waals surface area contributed by atoms with Crippen LogP contribution in [0.25, 0.3) is 0 Å². The summed E-state index contributed by atoms with van der Waals surface area (Å²) in [5, 5.41) is 13.9. The van der Waals surface area contributed by atoms with Crippen LogP contribution in [0.1, 0.15) is 0 Å². The van der Waals surface area contributed by atoms with Crippen LogP contribution in [-0.4, -0.2) is 113 Å². The Morgan fingerprint density at radius 2 is 1.29 bits per heavy atom. The summed E-state index contributed by atoms with van der Waals surface area (Å²) in [6, 6.07) is 0. The van der Waals surface area contributed by atoms with Gasteiger partial charge >= 0.3 is 103 Å². The van der Waals surface area contributed by atoms with Crippen molar-refractivity contribution in [2.24, 2.45) is 0 Å². The van der Waals surface area contributed by atoms with Gasteiger partial charge in [0.25, 0.3) is 0 Å². The topological polar surface area (TPSA) is 57.5 Å². The standard InChI is InChI=1S/CH2O3.FH.K.Sr.3H/c2-1(3)4;;;;;;/h(H2,2,3,4);1H;;;;;. The van der Waals surface area contributed by atoms with Gasteiger partial charge in [-0.15, -0.1) is 0 Å². The predicted octanol–water partition coefficient (Wildman–Crippen LogP) is -1.19. The second-order valence-corrected chi connectivity index (χ2v) is 0.283. The van der Waals surface area contributed by atoms with E-state index in [2.05, 4.69) is 0 Å². The number of carbonyl (C=O) groups is 1. The molecule has 0 unspecified atom stereocenters. The summed E-state index contributed by atoms with van der Waals surface area (Å²) in [6.07, 6.45) is -1.83. The average molecular weight is 212 g/mol. The maximum absolute atomic E-state index is 8.56. The van der Waals surface area contributed by atoms with Crippen molar-refractivity contribution >= 4 is 103 Å². The molecule has 0 aliphatic carbocycles. The van der Waals surface area contributed by atoms with Crippen LogP contribution >= 0.6 is 0 Å². The first-order valence-corrected chi connectivity index (χ1v) is 0.651. The normalized spacial score (nSPS) is 3.43. The van der Waals surface area contributed by atoms with Crippen LogP contribution in [0.3, 0.4) is 0 Å². The second-order valence-electron chi connectivity index (χ2n) is 0.283. The molecular formula is CH6FKO3Sr. The van der Waals surface area contributed by atoms with E-state index in [1.165, 1.54) is 0 Å². The molecule has 3 nitrogen and oxygen atoms in total. The number of hydrogen-bond acceptors (Lipinski definition) is 1. The Labute approximate surface area is 120 Å². The van der Waals surface area contributed by atoms with Crippen molar-refractivity contribution in [3.63, 3.8) is 0 Å². The van der Waals surface area contributed by atoms with Crippen molar-refractivity contribution in [1.29, 1.82) is 0 Å². The van der Waals surface area contributed by atoms with E-state index in [0.717, 1.165) is 0 Å². The van der Waals surface area contributed by atoms with E-state index in [-0.39, 0.29) is 102 Å². The molecule has 0 amide bonds. The van der Waals surface area contributed by atoms with Crippen LogP contribution < -0.4 is 0 Å². The van der Waals surface area contributed by atoms with Crippen molar-refractivity contribution < 1.29 is 19.7 Å². The van der Waals surface area contributed by atoms with Crippen LogP contribution in [-0.2, 0) is 0 Å². The van der Waals surface area contributed by atoms with E-state index in [1.807, 2.05) is 0 Å². The molecule has 0 atom stereocenters. The zero-order valence-electron chi connectivity index (χ0n) is 2.21. The Hall–Kier alpha value is 2.32. The molecule has 6 heteroatoms. The molecule has 0 fully saturated rings. The fourth-order valence-corrected chi connectivity index (χ4v) is 0. The molecule has 0 saturated heterocycles. The van der Waals surface area contributed by atoms with Gasteiger partial charge in [0.2, 0.25) is 0 Å². The molecule has 0 aromatic rings. The first-order chi connectivity index (χ1) is 1.73. The number of rotatable bonds is 0. The minimum absolute atomic E-state index is 0. The number of halogens is 1. The van der Waals surface area contributed by atoms with Crippen LogP contribution in [0, 0.1) is 0 Å². The van der Waals surface area contributed by atoms with E-state index in [9.17, 15) is 0 Å². The predicted molar refractivity (Wildman–Crippen MR) is 28.8 cm³/mol. The van der Waals surface area contributed by atoms with Gasteiger partial charge in [0.05, 0.1) is 0 Å². The molecule has 0 rings (SSSR count). The van der Waals surface area contributed by atoms with E-state index in [4.69, 9.17) is 15.0 Å². The van der Waals surface area contributed by atoms with E-state index in [0.29, 0.717) is 0 Å². The molecule has 0 spiro atoms. The van der Waals surface area contributed by atoms with Crippen LogP contribution in [0.15, 0.2) is 0 Å². The summed E-state index contributed by atoms with van der Waals surface area (Å²) in [4.78, 5) is 8.56. The molecule has 0 heterocycles. The Morgan fingerprint density at radius 3 is 1.29 bits per heavy atom. The monoisotopic (exact) mass is 212 g/mol. The third kappa shape index (κ3) is 61.8. The van der Waals surface area contributed by atoms with Crippen LogP contribution in [0.5, 0.6) is 0 Å². The molecule has 0 aromatic heterocycles. The molecule has 0 aromatic carbocycles. The Morgan fingerprint density at radius 1 is 1.29 bits per heavy atom. The summed E-state index contributed by atoms with van der Waals surface area (Å²) in [5.74, 6) is 0. The van der Waals surface area contributed by atoms with Crippen LogP contribution in [0.2, 0.25) is 0 Å². The Kier molecular flexibility index (Phi) is 51.3. The zero-order valence-corrected chi connectivity index (χ0v) is 2.21. The molecule has 0 saturated carbocycles. The third-order valence-corrected chi connectivity index (χ3v) is 0. The molecule has 0 radical (unpaired) electrons. The van der Waals surface area contributed by atoms with Gasteiger partial charge in [0.15, 0.2) is 0 Å². The average Bonchev–Trinajstić information content (AvgIpc) is 0.811. The van der Waals surface area contributed by atoms with E-state index < -0.39 is 6.16 Å². The molecule has 38 valence electrons. The number of hydrogen-bond donors (Lipinski definition) is 2. The van der Waals surface area contributed by atoms with E-state index in [1.54, 1.807) is 0 Å². The van der Waals surface area contributed by atoms with Gasteiger partial charge in [0.1, 0.15) is 0 Å². The van der Waals surface area contributed by atoms with Crippen molar-refractivity contribution in [3.05, 3.63) is 0 Å². The minimum atomic E-state index is -1.83. The number of carboxylic acid groups (broad SMARTS) is 2. The SMILES string of the molecule is F.O=C(O)O.[KH].[SrH2]. The summed E-state index contributed by atoms with van der Waals surface area (Å²) in [7, 11) is 0. The van der Waals surface area contributed by atoms with Gasteiger partial charge in [-0.25, -0.2) is 4.79 Å². The van der Waals surface area contributed by atoms with Gasteiger partial charge in [-0.2, -0.15) is 0 Å². The maximum atomic E-state index is 8.56. The second kappa shape index (κ2) is 15.8. The Bertz CT molecular complexity index is 37.9. The van der Waals surface area contributed by atoms with Gasteiger partial charge < -0.3 is 10.2 Å². The van der Waals surface area contributed by atoms with Gasteiger partial charge in [-0.3, -0.25) is 4.70 Å². The summed E-state index contributed by atoms with van der Waals surface area (Å²) in [5.41, 5.74) is 0. The van der Waals surface area contributed by atoms with Gasteiger partial charge in [-0.05, 0) is 0 Å². The van der Waals surface area contributed by atoms with Crippen molar-refractivity contribution in [2.45, 2.75) is 0 Å². The summed E-state index contributed by atoms with van der Waals surface area (Å²) in [6.45, 7) is 0. The van der Waals surface area contributed by atoms with Crippen molar-refractivity contribution in [1.82, 2.24) is 0 Å². The van der Waals surface area contributed by atoms with Crippen molar-refractivity contribution in [2.75, 3.05) is 0 Å². The summed E-state index contributed by atoms with van der Waals surface area (Å²) >= 11 is 0. The fraction of sp³-hybridized carbons (Fsp3) is 0. The van der Waals surface area contributed by atoms with Gasteiger partial charge in [0, 0.05) is 0 Å². The fourth-order valence-electron chi connectivity index (χ4n) is 0. The van der Waals surface area contributed by atoms with Crippen LogP contribution in [0.4, 0.5) is 9.50 Å². The molecular weight excluding hydrogens is 206 g/mol. The molecule has 0 aliphatic rings. The summed E-state index contributed by atoms with van der Waals surface area (Å²) < 4.78 is 0. The first kappa shape index (κ1) is 22.8. The van der Waals surface area contributed by atoms with Crippen molar-refractivity contribution in [3.8, 4) is 0 Å². The first-order valence-electron chi connectivity index (χ1n) is 0.651. The zero-order chi connectivity index (χ0) is 3.58. The quantitative estimate of drug-likeness (QED) is 0.496.